The van der Waals surface area contributed by atoms with Gasteiger partial charge in [-0.25, -0.2) is 4.98 Å². The van der Waals surface area contributed by atoms with Gasteiger partial charge in [0.25, 0.3) is 5.19 Å². The molecule has 0 aliphatic heterocycles. The van der Waals surface area contributed by atoms with Gasteiger partial charge in [0, 0.05) is 11.4 Å². The topological polar surface area (TPSA) is 48.1 Å². The molecule has 0 unspecified atom stereocenters. The highest BCUT2D eigenvalue weighted by Gasteiger charge is 2.04. The molecular formula is C11H11ClN2OS. The zero-order valence-corrected chi connectivity index (χ0v) is 10.3. The molecule has 0 aliphatic carbocycles. The first kappa shape index (κ1) is 11.2. The van der Waals surface area contributed by atoms with Crippen molar-refractivity contribution in [2.24, 2.45) is 0 Å². The summed E-state index contributed by atoms with van der Waals surface area (Å²) in [6, 6.07) is 5.17. The molecular weight excluding hydrogens is 244 g/mol. The molecule has 2 N–H and O–H groups in total. The van der Waals surface area contributed by atoms with E-state index in [4.69, 9.17) is 22.1 Å². The molecule has 5 heteroatoms. The molecule has 3 nitrogen and oxygen atoms in total. The number of anilines is 1. The van der Waals surface area contributed by atoms with Crippen LogP contribution in [0, 0.1) is 0 Å². The summed E-state index contributed by atoms with van der Waals surface area (Å²) in [5.74, 6) is 0.649. The lowest BCUT2D eigenvalue weighted by molar-refractivity contribution is 0.477. The van der Waals surface area contributed by atoms with Crippen molar-refractivity contribution in [1.29, 1.82) is 0 Å². The van der Waals surface area contributed by atoms with Gasteiger partial charge in [0.1, 0.15) is 5.75 Å². The zero-order chi connectivity index (χ0) is 11.5. The van der Waals surface area contributed by atoms with Crippen molar-refractivity contribution < 1.29 is 4.74 Å². The Morgan fingerprint density at radius 1 is 1.50 bits per heavy atom. The van der Waals surface area contributed by atoms with E-state index in [9.17, 15) is 0 Å². The molecule has 0 bridgehead atoms. The number of nitrogens with two attached hydrogens (primary N) is 1. The Hall–Kier alpha value is -1.26. The SMILES string of the molecule is CCc1csc(Oc2ccc(N)c(Cl)c2)n1. The van der Waals surface area contributed by atoms with Crippen LogP contribution in [0.1, 0.15) is 12.6 Å². The van der Waals surface area contributed by atoms with Crippen molar-refractivity contribution in [2.75, 3.05) is 5.73 Å². The highest BCUT2D eigenvalue weighted by atomic mass is 35.5. The number of aromatic nitrogens is 1. The lowest BCUT2D eigenvalue weighted by atomic mass is 10.3. The molecule has 16 heavy (non-hydrogen) atoms. The Labute approximate surface area is 103 Å². The molecule has 0 aliphatic rings. The van der Waals surface area contributed by atoms with Crippen molar-refractivity contribution in [3.8, 4) is 10.9 Å². The van der Waals surface area contributed by atoms with Gasteiger partial charge >= 0.3 is 0 Å². The third-order valence-electron chi connectivity index (χ3n) is 2.07. The maximum absolute atomic E-state index is 5.89. The van der Waals surface area contributed by atoms with Crippen LogP contribution in [-0.2, 0) is 6.42 Å². The Balaban J connectivity index is 2.17. The van der Waals surface area contributed by atoms with Crippen LogP contribution in [0.4, 0.5) is 5.69 Å². The minimum atomic E-state index is 0.491. The van der Waals surface area contributed by atoms with Gasteiger partial charge in [-0.3, -0.25) is 0 Å². The van der Waals surface area contributed by atoms with Gasteiger partial charge in [-0.15, -0.1) is 0 Å². The molecule has 2 aromatic rings. The fraction of sp³-hybridized carbons (Fsp3) is 0.182. The second kappa shape index (κ2) is 4.72. The van der Waals surface area contributed by atoms with Crippen molar-refractivity contribution in [3.63, 3.8) is 0 Å². The van der Waals surface area contributed by atoms with E-state index < -0.39 is 0 Å². The summed E-state index contributed by atoms with van der Waals surface area (Å²) in [5.41, 5.74) is 7.18. The lowest BCUT2D eigenvalue weighted by Gasteiger charge is -2.03. The zero-order valence-electron chi connectivity index (χ0n) is 8.74. The lowest BCUT2D eigenvalue weighted by Crippen LogP contribution is -1.88. The van der Waals surface area contributed by atoms with Gasteiger partial charge in [0.15, 0.2) is 0 Å². The Morgan fingerprint density at radius 2 is 2.31 bits per heavy atom. The van der Waals surface area contributed by atoms with Crippen LogP contribution in [0.25, 0.3) is 0 Å². The fourth-order valence-electron chi connectivity index (χ4n) is 1.17. The normalized spacial score (nSPS) is 10.4. The maximum Gasteiger partial charge on any atom is 0.278 e. The standard InChI is InChI=1S/C11H11ClN2OS/c1-2-7-6-16-11(14-7)15-8-3-4-10(13)9(12)5-8/h3-6H,2,13H2,1H3. The van der Waals surface area contributed by atoms with E-state index in [1.807, 2.05) is 5.38 Å². The van der Waals surface area contributed by atoms with Gasteiger partial charge in [-0.1, -0.05) is 29.9 Å². The molecule has 0 fully saturated rings. The van der Waals surface area contributed by atoms with Crippen LogP contribution in [-0.4, -0.2) is 4.98 Å². The van der Waals surface area contributed by atoms with Crippen LogP contribution >= 0.6 is 22.9 Å². The van der Waals surface area contributed by atoms with E-state index in [1.165, 1.54) is 11.3 Å². The summed E-state index contributed by atoms with van der Waals surface area (Å²) in [4.78, 5) is 4.30. The predicted octanol–water partition coefficient (Wildman–Crippen LogP) is 3.73. The fourth-order valence-corrected chi connectivity index (χ4v) is 2.11. The van der Waals surface area contributed by atoms with Crippen LogP contribution < -0.4 is 10.5 Å². The first-order valence-electron chi connectivity index (χ1n) is 4.86. The molecule has 2 rings (SSSR count). The van der Waals surface area contributed by atoms with Crippen LogP contribution in [0.3, 0.4) is 0 Å². The molecule has 0 spiro atoms. The van der Waals surface area contributed by atoms with Crippen molar-refractivity contribution in [1.82, 2.24) is 4.98 Å². The second-order valence-electron chi connectivity index (χ2n) is 3.24. The van der Waals surface area contributed by atoms with Crippen molar-refractivity contribution >= 4 is 28.6 Å². The number of aryl methyl sites for hydroxylation is 1. The van der Waals surface area contributed by atoms with Crippen LogP contribution in [0.2, 0.25) is 5.02 Å². The summed E-state index contributed by atoms with van der Waals surface area (Å²) in [5, 5.41) is 3.09. The van der Waals surface area contributed by atoms with E-state index in [0.717, 1.165) is 12.1 Å². The smallest absolute Gasteiger partial charge is 0.278 e. The van der Waals surface area contributed by atoms with Gasteiger partial charge in [0.05, 0.1) is 16.4 Å². The van der Waals surface area contributed by atoms with E-state index in [-0.39, 0.29) is 0 Å². The first-order chi connectivity index (χ1) is 7.69. The summed E-state index contributed by atoms with van der Waals surface area (Å²) >= 11 is 7.36. The van der Waals surface area contributed by atoms with E-state index >= 15 is 0 Å². The molecule has 0 amide bonds. The number of ether oxygens (including phenoxy) is 1. The molecule has 1 heterocycles. The Kier molecular flexibility index (Phi) is 3.31. The molecule has 1 aromatic heterocycles. The first-order valence-corrected chi connectivity index (χ1v) is 6.12. The van der Waals surface area contributed by atoms with E-state index in [1.54, 1.807) is 18.2 Å². The average molecular weight is 255 g/mol. The summed E-state index contributed by atoms with van der Waals surface area (Å²) < 4.78 is 5.56. The number of nitrogen functional groups attached to an aromatic ring is 1. The number of nitrogens with zero attached hydrogens (tertiary/aromatic N) is 1. The highest BCUT2D eigenvalue weighted by molar-refractivity contribution is 7.11. The minimum Gasteiger partial charge on any atom is -0.431 e. The third kappa shape index (κ3) is 2.46. The number of halogens is 1. The molecule has 0 atom stereocenters. The Morgan fingerprint density at radius 3 is 2.94 bits per heavy atom. The largest absolute Gasteiger partial charge is 0.431 e. The van der Waals surface area contributed by atoms with Gasteiger partial charge in [0.2, 0.25) is 0 Å². The van der Waals surface area contributed by atoms with Crippen molar-refractivity contribution in [3.05, 3.63) is 34.3 Å². The molecule has 0 radical (unpaired) electrons. The molecule has 1 aromatic carbocycles. The number of hydrogen-bond acceptors (Lipinski definition) is 4. The van der Waals surface area contributed by atoms with E-state index in [2.05, 4.69) is 11.9 Å². The summed E-state index contributed by atoms with van der Waals surface area (Å²) in [7, 11) is 0. The molecule has 0 saturated heterocycles. The van der Waals surface area contributed by atoms with Gasteiger partial charge < -0.3 is 10.5 Å². The maximum atomic E-state index is 5.89. The van der Waals surface area contributed by atoms with Crippen LogP contribution in [0.15, 0.2) is 23.6 Å². The van der Waals surface area contributed by atoms with E-state index in [0.29, 0.717) is 21.7 Å². The quantitative estimate of drug-likeness (QED) is 0.849. The minimum absolute atomic E-state index is 0.491. The molecule has 0 saturated carbocycles. The summed E-state index contributed by atoms with van der Waals surface area (Å²) in [6.45, 7) is 2.05. The van der Waals surface area contributed by atoms with Gasteiger partial charge in [-0.2, -0.15) is 0 Å². The Bertz CT molecular complexity index is 498. The van der Waals surface area contributed by atoms with Gasteiger partial charge in [-0.05, 0) is 18.6 Å². The number of rotatable bonds is 3. The monoisotopic (exact) mass is 254 g/mol. The predicted molar refractivity (Wildman–Crippen MR) is 67.4 cm³/mol. The average Bonchev–Trinajstić information content (AvgIpc) is 2.71. The van der Waals surface area contributed by atoms with Crippen LogP contribution in [0.5, 0.6) is 10.9 Å². The highest BCUT2D eigenvalue weighted by Crippen LogP contribution is 2.29. The number of benzene rings is 1. The number of hydrogen-bond donors (Lipinski definition) is 1. The summed E-state index contributed by atoms with van der Waals surface area (Å²) in [6.07, 6.45) is 0.905. The van der Waals surface area contributed by atoms with Crippen molar-refractivity contribution in [2.45, 2.75) is 13.3 Å². The number of thiazole rings is 1. The third-order valence-corrected chi connectivity index (χ3v) is 3.16. The molecule has 84 valence electrons. The second-order valence-corrected chi connectivity index (χ2v) is 4.47.